The third kappa shape index (κ3) is 3.57. The first-order valence-electron chi connectivity index (χ1n) is 9.04. The number of aromatic nitrogens is 2. The van der Waals surface area contributed by atoms with Crippen LogP contribution in [-0.4, -0.2) is 30.1 Å². The van der Waals surface area contributed by atoms with Crippen LogP contribution in [0.5, 0.6) is 5.75 Å². The topological polar surface area (TPSA) is 45.5 Å². The van der Waals surface area contributed by atoms with Crippen molar-refractivity contribution < 1.29 is 14.2 Å². The zero-order valence-corrected chi connectivity index (χ0v) is 15.0. The van der Waals surface area contributed by atoms with Crippen molar-refractivity contribution in [3.63, 3.8) is 0 Å². The molecule has 3 rings (SSSR count). The van der Waals surface area contributed by atoms with Gasteiger partial charge in [-0.25, -0.2) is 4.68 Å². The monoisotopic (exact) mass is 332 g/mol. The van der Waals surface area contributed by atoms with E-state index in [1.54, 1.807) is 7.11 Å². The Balaban J connectivity index is 1.98. The van der Waals surface area contributed by atoms with Crippen LogP contribution in [0.2, 0.25) is 0 Å². The highest BCUT2D eigenvalue weighted by atomic mass is 16.5. The number of nitrogens with zero attached hydrogens (tertiary/aromatic N) is 2. The molecule has 1 aromatic carbocycles. The van der Waals surface area contributed by atoms with Crippen molar-refractivity contribution in [3.8, 4) is 5.75 Å². The van der Waals surface area contributed by atoms with E-state index < -0.39 is 0 Å². The molecule has 2 atom stereocenters. The predicted molar refractivity (Wildman–Crippen MR) is 94.4 cm³/mol. The maximum atomic E-state index is 5.96. The minimum atomic E-state index is -0.0517. The molecule has 1 aliphatic heterocycles. The van der Waals surface area contributed by atoms with Gasteiger partial charge in [0.2, 0.25) is 0 Å². The third-order valence-electron chi connectivity index (χ3n) is 4.64. The first-order chi connectivity index (χ1) is 11.7. The lowest BCUT2D eigenvalue weighted by atomic mass is 10.1. The van der Waals surface area contributed by atoms with Gasteiger partial charge in [-0.05, 0) is 44.7 Å². The van der Waals surface area contributed by atoms with Crippen LogP contribution >= 0.6 is 0 Å². The number of rotatable bonds is 7. The summed E-state index contributed by atoms with van der Waals surface area (Å²) < 4.78 is 19.4. The van der Waals surface area contributed by atoms with E-state index >= 15 is 0 Å². The molecular formula is C19H28N2O3. The van der Waals surface area contributed by atoms with Crippen molar-refractivity contribution in [2.24, 2.45) is 0 Å². The van der Waals surface area contributed by atoms with Crippen molar-refractivity contribution >= 4 is 10.9 Å². The van der Waals surface area contributed by atoms with E-state index in [2.05, 4.69) is 19.1 Å². The van der Waals surface area contributed by atoms with E-state index in [-0.39, 0.29) is 12.3 Å². The molecule has 1 fully saturated rings. The number of unbranched alkanes of at least 4 members (excludes halogenated alkanes) is 1. The molecule has 0 amide bonds. The molecule has 2 heterocycles. The summed E-state index contributed by atoms with van der Waals surface area (Å²) in [4.78, 5) is 0. The lowest BCUT2D eigenvalue weighted by molar-refractivity contribution is -0.0374. The summed E-state index contributed by atoms with van der Waals surface area (Å²) in [7, 11) is 1.72. The summed E-state index contributed by atoms with van der Waals surface area (Å²) in [6, 6.07) is 6.20. The Hall–Kier alpha value is -1.59. The molecule has 132 valence electrons. The second kappa shape index (κ2) is 7.99. The van der Waals surface area contributed by atoms with Crippen molar-refractivity contribution in [3.05, 3.63) is 23.9 Å². The highest BCUT2D eigenvalue weighted by molar-refractivity contribution is 5.84. The summed E-state index contributed by atoms with van der Waals surface area (Å²) in [6.45, 7) is 5.74. The van der Waals surface area contributed by atoms with Crippen LogP contribution in [0, 0.1) is 0 Å². The van der Waals surface area contributed by atoms with Gasteiger partial charge in [0.15, 0.2) is 6.23 Å². The molecule has 5 nitrogen and oxygen atoms in total. The first-order valence-corrected chi connectivity index (χ1v) is 9.04. The van der Waals surface area contributed by atoms with E-state index in [0.29, 0.717) is 0 Å². The third-order valence-corrected chi connectivity index (χ3v) is 4.64. The highest BCUT2D eigenvalue weighted by Crippen LogP contribution is 2.33. The lowest BCUT2D eigenvalue weighted by Crippen LogP contribution is -2.19. The van der Waals surface area contributed by atoms with Crippen LogP contribution in [-0.2, 0) is 9.47 Å². The van der Waals surface area contributed by atoms with Gasteiger partial charge in [0.05, 0.1) is 23.9 Å². The van der Waals surface area contributed by atoms with Crippen molar-refractivity contribution in [2.75, 3.05) is 20.3 Å². The molecule has 0 bridgehead atoms. The molecule has 0 radical (unpaired) electrons. The maximum absolute atomic E-state index is 5.96. The van der Waals surface area contributed by atoms with Crippen molar-refractivity contribution in [1.82, 2.24) is 9.78 Å². The Morgan fingerprint density at radius 3 is 2.96 bits per heavy atom. The molecule has 0 spiro atoms. The summed E-state index contributed by atoms with van der Waals surface area (Å²) in [5, 5.41) is 5.94. The van der Waals surface area contributed by atoms with Crippen molar-refractivity contribution in [1.29, 1.82) is 0 Å². The maximum Gasteiger partial charge on any atom is 0.150 e. The van der Waals surface area contributed by atoms with Crippen LogP contribution in [0.25, 0.3) is 10.9 Å². The van der Waals surface area contributed by atoms with Gasteiger partial charge < -0.3 is 14.2 Å². The van der Waals surface area contributed by atoms with Gasteiger partial charge >= 0.3 is 0 Å². The molecule has 2 unspecified atom stereocenters. The summed E-state index contributed by atoms with van der Waals surface area (Å²) >= 11 is 0. The number of methoxy groups -OCH3 is 1. The minimum absolute atomic E-state index is 0.00458. The SMILES string of the molecule is CCCCOc1ccc2c(C(C)OC)nn(C3CCCCO3)c2c1. The fourth-order valence-corrected chi connectivity index (χ4v) is 3.11. The second-order valence-electron chi connectivity index (χ2n) is 6.41. The largest absolute Gasteiger partial charge is 0.494 e. The van der Waals surface area contributed by atoms with Crippen LogP contribution < -0.4 is 4.74 Å². The molecule has 1 aromatic heterocycles. The predicted octanol–water partition coefficient (Wildman–Crippen LogP) is 4.62. The summed E-state index contributed by atoms with van der Waals surface area (Å²) in [6.07, 6.45) is 5.45. The van der Waals surface area contributed by atoms with Gasteiger partial charge in [0, 0.05) is 25.2 Å². The van der Waals surface area contributed by atoms with Gasteiger partial charge in [-0.15, -0.1) is 0 Å². The Kier molecular flexibility index (Phi) is 5.74. The molecule has 1 saturated heterocycles. The number of benzene rings is 1. The van der Waals surface area contributed by atoms with E-state index in [1.807, 2.05) is 17.7 Å². The number of ether oxygens (including phenoxy) is 3. The van der Waals surface area contributed by atoms with Gasteiger partial charge in [0.25, 0.3) is 0 Å². The molecule has 0 N–H and O–H groups in total. The molecule has 1 aliphatic rings. The number of hydrogen-bond donors (Lipinski definition) is 0. The Morgan fingerprint density at radius 1 is 1.38 bits per heavy atom. The molecule has 5 heteroatoms. The Morgan fingerprint density at radius 2 is 2.25 bits per heavy atom. The van der Waals surface area contributed by atoms with E-state index in [1.165, 1.54) is 6.42 Å². The average Bonchev–Trinajstić information content (AvgIpc) is 3.01. The standard InChI is InChI=1S/C19H28N2O3/c1-4-5-11-23-15-9-10-16-17(13-15)21(18-8-6-7-12-24-18)20-19(16)14(2)22-3/h9-10,13-14,18H,4-8,11-12H2,1-3H3. The molecule has 24 heavy (non-hydrogen) atoms. The minimum Gasteiger partial charge on any atom is -0.494 e. The number of hydrogen-bond acceptors (Lipinski definition) is 4. The highest BCUT2D eigenvalue weighted by Gasteiger charge is 2.23. The van der Waals surface area contributed by atoms with E-state index in [4.69, 9.17) is 19.3 Å². The van der Waals surface area contributed by atoms with Crippen LogP contribution in [0.1, 0.15) is 64.0 Å². The smallest absolute Gasteiger partial charge is 0.150 e. The zero-order chi connectivity index (χ0) is 16.9. The summed E-state index contributed by atoms with van der Waals surface area (Å²) in [5.41, 5.74) is 2.02. The fourth-order valence-electron chi connectivity index (χ4n) is 3.11. The van der Waals surface area contributed by atoms with Gasteiger partial charge in [-0.1, -0.05) is 13.3 Å². The van der Waals surface area contributed by atoms with Crippen LogP contribution in [0.4, 0.5) is 0 Å². The second-order valence-corrected chi connectivity index (χ2v) is 6.41. The molecular weight excluding hydrogens is 304 g/mol. The zero-order valence-electron chi connectivity index (χ0n) is 15.0. The molecule has 0 aliphatic carbocycles. The summed E-state index contributed by atoms with van der Waals surface area (Å²) in [5.74, 6) is 0.893. The fraction of sp³-hybridized carbons (Fsp3) is 0.632. The lowest BCUT2D eigenvalue weighted by Gasteiger charge is -2.23. The molecule has 0 saturated carbocycles. The Bertz CT molecular complexity index is 662. The van der Waals surface area contributed by atoms with Crippen LogP contribution in [0.3, 0.4) is 0 Å². The molecule has 2 aromatic rings. The van der Waals surface area contributed by atoms with Crippen molar-refractivity contribution in [2.45, 2.75) is 58.3 Å². The first kappa shape index (κ1) is 17.2. The normalized spacial score (nSPS) is 19.5. The number of fused-ring (bicyclic) bond motifs is 1. The van der Waals surface area contributed by atoms with Crippen LogP contribution in [0.15, 0.2) is 18.2 Å². The van der Waals surface area contributed by atoms with Gasteiger partial charge in [-0.2, -0.15) is 5.10 Å². The quantitative estimate of drug-likeness (QED) is 0.694. The van der Waals surface area contributed by atoms with Gasteiger partial charge in [0.1, 0.15) is 5.75 Å². The Labute approximate surface area is 143 Å². The van der Waals surface area contributed by atoms with E-state index in [9.17, 15) is 0 Å². The van der Waals surface area contributed by atoms with Gasteiger partial charge in [-0.3, -0.25) is 0 Å². The average molecular weight is 332 g/mol. The van der Waals surface area contributed by atoms with E-state index in [0.717, 1.165) is 61.2 Å².